The van der Waals surface area contributed by atoms with Gasteiger partial charge >= 0.3 is 0 Å². The smallest absolute Gasteiger partial charge is 0.212 e. The lowest BCUT2D eigenvalue weighted by Crippen LogP contribution is -1.88. The largest absolute Gasteiger partial charge is 0.232 e. The molecule has 0 saturated heterocycles. The minimum absolute atomic E-state index is 0.00849. The predicted molar refractivity (Wildman–Crippen MR) is 55.1 cm³/mol. The van der Waals surface area contributed by atoms with Crippen LogP contribution in [-0.2, 0) is 9.05 Å². The number of halogens is 1. The fourth-order valence-corrected chi connectivity index (χ4v) is 0.500. The van der Waals surface area contributed by atoms with Crippen LogP contribution in [0.5, 0.6) is 0 Å². The van der Waals surface area contributed by atoms with Crippen molar-refractivity contribution in [3.63, 3.8) is 0 Å². The Hall–Kier alpha value is 0.240. The maximum Gasteiger partial charge on any atom is 0.232 e. The summed E-state index contributed by atoms with van der Waals surface area (Å²) in [5, 5.41) is 0. The maximum absolute atomic E-state index is 9.77. The van der Waals surface area contributed by atoms with E-state index in [0.717, 1.165) is 0 Å². The highest BCUT2D eigenvalue weighted by molar-refractivity contribution is 8.13. The first kappa shape index (κ1) is 14.7. The van der Waals surface area contributed by atoms with E-state index >= 15 is 0 Å². The molecular formula is C8H19ClO2S. The van der Waals surface area contributed by atoms with E-state index in [1.165, 1.54) is 32.6 Å². The molecule has 0 heterocycles. The average molecular weight is 215 g/mol. The van der Waals surface area contributed by atoms with E-state index in [2.05, 4.69) is 24.5 Å². The number of rotatable bonds is 4. The van der Waals surface area contributed by atoms with Crippen molar-refractivity contribution in [3.8, 4) is 0 Å². The van der Waals surface area contributed by atoms with Crippen LogP contribution in [0.3, 0.4) is 0 Å². The standard InChI is InChI=1S/C6H14.C2H5ClO2S/c1-3-5-6-4-2;1-2-6(3,4)5/h3-6H2,1-2H3;2H2,1H3. The summed E-state index contributed by atoms with van der Waals surface area (Å²) in [5.74, 6) is 0.00849. The zero-order valence-electron chi connectivity index (χ0n) is 8.14. The molecule has 0 fully saturated rings. The Bertz CT molecular complexity index is 160. The molecule has 0 aliphatic heterocycles. The van der Waals surface area contributed by atoms with Crippen molar-refractivity contribution >= 4 is 19.7 Å². The van der Waals surface area contributed by atoms with E-state index in [1.54, 1.807) is 0 Å². The third-order valence-corrected chi connectivity index (χ3v) is 2.65. The van der Waals surface area contributed by atoms with Crippen LogP contribution >= 0.6 is 10.7 Å². The van der Waals surface area contributed by atoms with Crippen LogP contribution in [-0.4, -0.2) is 14.2 Å². The summed E-state index contributed by atoms with van der Waals surface area (Å²) < 4.78 is 19.5. The molecule has 0 aromatic rings. The highest BCUT2D eigenvalue weighted by Gasteiger charge is 1.94. The Morgan fingerprint density at radius 3 is 1.33 bits per heavy atom. The van der Waals surface area contributed by atoms with Gasteiger partial charge in [0.1, 0.15) is 0 Å². The summed E-state index contributed by atoms with van der Waals surface area (Å²) in [4.78, 5) is 0. The Balaban J connectivity index is 0. The van der Waals surface area contributed by atoms with Crippen molar-refractivity contribution in [1.29, 1.82) is 0 Å². The first-order chi connectivity index (χ1) is 5.47. The molecule has 0 bridgehead atoms. The molecule has 0 spiro atoms. The molecule has 0 rings (SSSR count). The summed E-state index contributed by atoms with van der Waals surface area (Å²) in [6.45, 7) is 5.95. The summed E-state index contributed by atoms with van der Waals surface area (Å²) in [6.07, 6.45) is 5.54. The van der Waals surface area contributed by atoms with Crippen molar-refractivity contribution in [2.75, 3.05) is 5.75 Å². The summed E-state index contributed by atoms with van der Waals surface area (Å²) in [6, 6.07) is 0. The van der Waals surface area contributed by atoms with Crippen molar-refractivity contribution < 1.29 is 8.42 Å². The predicted octanol–water partition coefficient (Wildman–Crippen LogP) is 3.16. The van der Waals surface area contributed by atoms with Crippen molar-refractivity contribution in [2.24, 2.45) is 0 Å². The molecule has 0 atom stereocenters. The van der Waals surface area contributed by atoms with Crippen molar-refractivity contribution in [1.82, 2.24) is 0 Å². The van der Waals surface area contributed by atoms with Crippen LogP contribution in [0.1, 0.15) is 46.5 Å². The molecule has 0 aliphatic rings. The molecule has 0 radical (unpaired) electrons. The topological polar surface area (TPSA) is 34.1 Å². The summed E-state index contributed by atoms with van der Waals surface area (Å²) in [7, 11) is 1.50. The lowest BCUT2D eigenvalue weighted by atomic mass is 10.2. The van der Waals surface area contributed by atoms with Gasteiger partial charge in [-0.2, -0.15) is 0 Å². The van der Waals surface area contributed by atoms with Crippen LogP contribution in [0.4, 0.5) is 0 Å². The molecule has 0 amide bonds. The van der Waals surface area contributed by atoms with Crippen LogP contribution in [0.15, 0.2) is 0 Å². The van der Waals surface area contributed by atoms with E-state index < -0.39 is 9.05 Å². The van der Waals surface area contributed by atoms with E-state index in [4.69, 9.17) is 0 Å². The molecule has 0 aliphatic carbocycles. The maximum atomic E-state index is 9.77. The quantitative estimate of drug-likeness (QED) is 0.532. The monoisotopic (exact) mass is 214 g/mol. The SMILES string of the molecule is CCCCCC.CCS(=O)(=O)Cl. The molecule has 12 heavy (non-hydrogen) atoms. The summed E-state index contributed by atoms with van der Waals surface area (Å²) >= 11 is 0. The van der Waals surface area contributed by atoms with Gasteiger partial charge in [-0.15, -0.1) is 0 Å². The van der Waals surface area contributed by atoms with Crippen LogP contribution in [0.25, 0.3) is 0 Å². The van der Waals surface area contributed by atoms with Gasteiger partial charge in [0.05, 0.1) is 5.75 Å². The molecule has 4 heteroatoms. The number of hydrogen-bond acceptors (Lipinski definition) is 2. The molecule has 0 aromatic carbocycles. The zero-order chi connectivity index (χ0) is 10.0. The van der Waals surface area contributed by atoms with Gasteiger partial charge in [0.15, 0.2) is 0 Å². The van der Waals surface area contributed by atoms with E-state index in [9.17, 15) is 8.42 Å². The first-order valence-corrected chi connectivity index (χ1v) is 6.88. The lowest BCUT2D eigenvalue weighted by molar-refractivity contribution is 0.610. The zero-order valence-corrected chi connectivity index (χ0v) is 9.71. The fraction of sp³-hybridized carbons (Fsp3) is 1.00. The normalized spacial score (nSPS) is 10.3. The Morgan fingerprint density at radius 1 is 1.00 bits per heavy atom. The van der Waals surface area contributed by atoms with Crippen LogP contribution < -0.4 is 0 Å². The molecule has 0 N–H and O–H groups in total. The van der Waals surface area contributed by atoms with Gasteiger partial charge in [0, 0.05) is 10.7 Å². The first-order valence-electron chi connectivity index (χ1n) is 4.40. The van der Waals surface area contributed by atoms with Crippen LogP contribution in [0.2, 0.25) is 0 Å². The number of unbranched alkanes of at least 4 members (excludes halogenated alkanes) is 3. The van der Waals surface area contributed by atoms with Gasteiger partial charge in [-0.1, -0.05) is 46.5 Å². The number of hydrogen-bond donors (Lipinski definition) is 0. The fourth-order valence-electron chi connectivity index (χ4n) is 0.500. The van der Waals surface area contributed by atoms with Crippen molar-refractivity contribution in [2.45, 2.75) is 46.5 Å². The molecule has 0 unspecified atom stereocenters. The Labute approximate surface area is 80.7 Å². The van der Waals surface area contributed by atoms with Gasteiger partial charge in [0.25, 0.3) is 0 Å². The minimum Gasteiger partial charge on any atom is -0.212 e. The highest BCUT2D eigenvalue weighted by atomic mass is 35.7. The van der Waals surface area contributed by atoms with Gasteiger partial charge in [-0.25, -0.2) is 8.42 Å². The second-order valence-electron chi connectivity index (χ2n) is 2.53. The second kappa shape index (κ2) is 9.33. The molecule has 2 nitrogen and oxygen atoms in total. The van der Waals surface area contributed by atoms with Gasteiger partial charge in [-0.05, 0) is 0 Å². The van der Waals surface area contributed by atoms with Crippen LogP contribution in [0, 0.1) is 0 Å². The summed E-state index contributed by atoms with van der Waals surface area (Å²) in [5.41, 5.74) is 0. The van der Waals surface area contributed by atoms with Gasteiger partial charge < -0.3 is 0 Å². The van der Waals surface area contributed by atoms with Gasteiger partial charge in [0.2, 0.25) is 9.05 Å². The highest BCUT2D eigenvalue weighted by Crippen LogP contribution is 1.95. The second-order valence-corrected chi connectivity index (χ2v) is 5.60. The third-order valence-electron chi connectivity index (χ3n) is 1.30. The third kappa shape index (κ3) is 22.5. The minimum atomic E-state index is -3.19. The molecule has 0 saturated carbocycles. The molecular weight excluding hydrogens is 196 g/mol. The van der Waals surface area contributed by atoms with E-state index in [0.29, 0.717) is 0 Å². The molecule has 0 aromatic heterocycles. The van der Waals surface area contributed by atoms with E-state index in [1.807, 2.05) is 0 Å². The van der Waals surface area contributed by atoms with E-state index in [-0.39, 0.29) is 5.75 Å². The average Bonchev–Trinajstić information content (AvgIpc) is 2.01. The molecule has 76 valence electrons. The lowest BCUT2D eigenvalue weighted by Gasteiger charge is -1.86. The Morgan fingerprint density at radius 2 is 1.25 bits per heavy atom. The Kier molecular flexibility index (Phi) is 11.5. The van der Waals surface area contributed by atoms with Crippen molar-refractivity contribution in [3.05, 3.63) is 0 Å². The van der Waals surface area contributed by atoms with Gasteiger partial charge in [-0.3, -0.25) is 0 Å².